The third-order valence-corrected chi connectivity index (χ3v) is 3.94. The second-order valence-electron chi connectivity index (χ2n) is 5.65. The van der Waals surface area contributed by atoms with Crippen molar-refractivity contribution in [3.8, 4) is 0 Å². The van der Waals surface area contributed by atoms with Gasteiger partial charge in [-0.15, -0.1) is 0 Å². The molecule has 0 aromatic carbocycles. The molecule has 1 aromatic heterocycles. The van der Waals surface area contributed by atoms with E-state index in [1.54, 1.807) is 0 Å². The Labute approximate surface area is 111 Å². The molecule has 1 aliphatic rings. The first-order valence-electron chi connectivity index (χ1n) is 7.50. The minimum Gasteiger partial charge on any atom is -0.314 e. The Morgan fingerprint density at radius 1 is 1.22 bits per heavy atom. The lowest BCUT2D eigenvalue weighted by atomic mass is 10.1. The molecule has 1 fully saturated rings. The predicted octanol–water partition coefficient (Wildman–Crippen LogP) is 3.20. The summed E-state index contributed by atoms with van der Waals surface area (Å²) in [6.07, 6.45) is 9.62. The molecule has 0 amide bonds. The van der Waals surface area contributed by atoms with Gasteiger partial charge in [-0.25, -0.2) is 0 Å². The maximum Gasteiger partial charge on any atom is 0.0596 e. The molecule has 0 bridgehead atoms. The molecule has 2 rings (SSSR count). The van der Waals surface area contributed by atoms with Gasteiger partial charge in [0.1, 0.15) is 0 Å². The third kappa shape index (κ3) is 4.13. The molecule has 0 unspecified atom stereocenters. The van der Waals surface area contributed by atoms with Crippen LogP contribution in [0.15, 0.2) is 6.07 Å². The van der Waals surface area contributed by atoms with Gasteiger partial charge in [-0.3, -0.25) is 4.68 Å². The Kier molecular flexibility index (Phi) is 5.24. The predicted molar refractivity (Wildman–Crippen MR) is 75.8 cm³/mol. The monoisotopic (exact) mass is 249 g/mol. The van der Waals surface area contributed by atoms with E-state index >= 15 is 0 Å². The van der Waals surface area contributed by atoms with E-state index in [0.717, 1.165) is 24.8 Å². The maximum absolute atomic E-state index is 4.50. The number of hydrogen-bond acceptors (Lipinski definition) is 2. The molecule has 1 heterocycles. The summed E-state index contributed by atoms with van der Waals surface area (Å²) >= 11 is 0. The third-order valence-electron chi connectivity index (χ3n) is 3.94. The minimum absolute atomic E-state index is 0.771. The maximum atomic E-state index is 4.50. The van der Waals surface area contributed by atoms with Crippen LogP contribution in [0.2, 0.25) is 0 Å². The number of aromatic nitrogens is 2. The molecule has 102 valence electrons. The van der Waals surface area contributed by atoms with Crippen molar-refractivity contribution in [3.05, 3.63) is 17.5 Å². The van der Waals surface area contributed by atoms with Crippen LogP contribution in [0.5, 0.6) is 0 Å². The first-order valence-corrected chi connectivity index (χ1v) is 7.50. The van der Waals surface area contributed by atoms with E-state index in [0.29, 0.717) is 0 Å². The summed E-state index contributed by atoms with van der Waals surface area (Å²) in [6, 6.07) is 2.92. The highest BCUT2D eigenvalue weighted by Gasteiger charge is 2.10. The summed E-state index contributed by atoms with van der Waals surface area (Å²) in [6.45, 7) is 6.37. The van der Waals surface area contributed by atoms with Crippen LogP contribution in [-0.4, -0.2) is 22.4 Å². The van der Waals surface area contributed by atoms with E-state index in [4.69, 9.17) is 0 Å². The zero-order valence-electron chi connectivity index (χ0n) is 11.9. The molecule has 1 aliphatic carbocycles. The average molecular weight is 249 g/mol. The highest BCUT2D eigenvalue weighted by Crippen LogP contribution is 2.17. The average Bonchev–Trinajstić information content (AvgIpc) is 2.57. The largest absolute Gasteiger partial charge is 0.314 e. The number of aryl methyl sites for hydroxylation is 3. The standard InChI is InChI=1S/C15H27N3/c1-13-12-14(2)18(17-13)11-7-10-16-15-8-5-3-4-6-9-15/h12,15-16H,3-11H2,1-2H3. The van der Waals surface area contributed by atoms with Crippen molar-refractivity contribution in [2.45, 2.75) is 71.4 Å². The summed E-state index contributed by atoms with van der Waals surface area (Å²) in [5.41, 5.74) is 2.41. The molecule has 3 heteroatoms. The van der Waals surface area contributed by atoms with Gasteiger partial charge in [0.15, 0.2) is 0 Å². The highest BCUT2D eigenvalue weighted by molar-refractivity contribution is 5.06. The molecule has 1 N–H and O–H groups in total. The second-order valence-corrected chi connectivity index (χ2v) is 5.65. The molecule has 0 atom stereocenters. The van der Waals surface area contributed by atoms with Crippen LogP contribution in [0.25, 0.3) is 0 Å². The van der Waals surface area contributed by atoms with Gasteiger partial charge >= 0.3 is 0 Å². The van der Waals surface area contributed by atoms with Crippen molar-refractivity contribution in [1.82, 2.24) is 15.1 Å². The van der Waals surface area contributed by atoms with Crippen molar-refractivity contribution in [2.75, 3.05) is 6.54 Å². The van der Waals surface area contributed by atoms with Crippen LogP contribution >= 0.6 is 0 Å². The number of rotatable bonds is 5. The lowest BCUT2D eigenvalue weighted by molar-refractivity contribution is 0.438. The van der Waals surface area contributed by atoms with Crippen LogP contribution in [0.3, 0.4) is 0 Å². The first-order chi connectivity index (χ1) is 8.75. The molecule has 0 saturated heterocycles. The number of hydrogen-bond donors (Lipinski definition) is 1. The Morgan fingerprint density at radius 2 is 1.94 bits per heavy atom. The topological polar surface area (TPSA) is 29.9 Å². The lowest BCUT2D eigenvalue weighted by Gasteiger charge is -2.16. The molecule has 18 heavy (non-hydrogen) atoms. The van der Waals surface area contributed by atoms with E-state index < -0.39 is 0 Å². The molecule has 0 aliphatic heterocycles. The molecule has 1 aromatic rings. The highest BCUT2D eigenvalue weighted by atomic mass is 15.3. The molecule has 0 spiro atoms. The summed E-state index contributed by atoms with van der Waals surface area (Å²) in [4.78, 5) is 0. The van der Waals surface area contributed by atoms with Crippen LogP contribution < -0.4 is 5.32 Å². The summed E-state index contributed by atoms with van der Waals surface area (Å²) in [7, 11) is 0. The molecule has 0 radical (unpaired) electrons. The Hall–Kier alpha value is -0.830. The fourth-order valence-electron chi connectivity index (χ4n) is 2.92. The summed E-state index contributed by atoms with van der Waals surface area (Å²) in [5, 5.41) is 8.22. The molecule has 3 nitrogen and oxygen atoms in total. The van der Waals surface area contributed by atoms with Gasteiger partial charge in [-0.1, -0.05) is 25.7 Å². The Morgan fingerprint density at radius 3 is 2.56 bits per heavy atom. The van der Waals surface area contributed by atoms with Crippen LogP contribution in [0.1, 0.15) is 56.3 Å². The van der Waals surface area contributed by atoms with Crippen LogP contribution in [-0.2, 0) is 6.54 Å². The minimum atomic E-state index is 0.771. The lowest BCUT2D eigenvalue weighted by Crippen LogP contribution is -2.30. The van der Waals surface area contributed by atoms with Gasteiger partial charge in [-0.2, -0.15) is 5.10 Å². The van der Waals surface area contributed by atoms with E-state index in [1.165, 1.54) is 50.6 Å². The molecular weight excluding hydrogens is 222 g/mol. The Balaban J connectivity index is 1.64. The van der Waals surface area contributed by atoms with Crippen LogP contribution in [0.4, 0.5) is 0 Å². The van der Waals surface area contributed by atoms with Crippen molar-refractivity contribution in [2.24, 2.45) is 0 Å². The van der Waals surface area contributed by atoms with E-state index in [1.807, 2.05) is 0 Å². The van der Waals surface area contributed by atoms with Gasteiger partial charge in [-0.05, 0) is 45.7 Å². The van der Waals surface area contributed by atoms with Gasteiger partial charge in [0.25, 0.3) is 0 Å². The zero-order chi connectivity index (χ0) is 12.8. The van der Waals surface area contributed by atoms with Crippen molar-refractivity contribution < 1.29 is 0 Å². The quantitative estimate of drug-likeness (QED) is 0.641. The summed E-state index contributed by atoms with van der Waals surface area (Å²) in [5.74, 6) is 0. The molecule has 1 saturated carbocycles. The fraction of sp³-hybridized carbons (Fsp3) is 0.800. The van der Waals surface area contributed by atoms with Gasteiger partial charge < -0.3 is 5.32 Å². The van der Waals surface area contributed by atoms with Crippen molar-refractivity contribution in [3.63, 3.8) is 0 Å². The summed E-state index contributed by atoms with van der Waals surface area (Å²) < 4.78 is 2.13. The van der Waals surface area contributed by atoms with E-state index in [2.05, 4.69) is 35.0 Å². The number of nitrogens with one attached hydrogen (secondary N) is 1. The van der Waals surface area contributed by atoms with E-state index in [-0.39, 0.29) is 0 Å². The number of nitrogens with zero attached hydrogens (tertiary/aromatic N) is 2. The zero-order valence-corrected chi connectivity index (χ0v) is 11.9. The molecular formula is C15H27N3. The smallest absolute Gasteiger partial charge is 0.0596 e. The van der Waals surface area contributed by atoms with Crippen molar-refractivity contribution in [1.29, 1.82) is 0 Å². The van der Waals surface area contributed by atoms with Crippen molar-refractivity contribution >= 4 is 0 Å². The van der Waals surface area contributed by atoms with Gasteiger partial charge in [0, 0.05) is 18.3 Å². The second kappa shape index (κ2) is 6.93. The normalized spacial score (nSPS) is 17.9. The fourth-order valence-corrected chi connectivity index (χ4v) is 2.92. The van der Waals surface area contributed by atoms with Gasteiger partial charge in [0.2, 0.25) is 0 Å². The van der Waals surface area contributed by atoms with Crippen LogP contribution in [0, 0.1) is 13.8 Å². The SMILES string of the molecule is Cc1cc(C)n(CCCNC2CCCCCC2)n1. The van der Waals surface area contributed by atoms with Gasteiger partial charge in [0.05, 0.1) is 5.69 Å². The Bertz CT molecular complexity index is 349. The van der Waals surface area contributed by atoms with E-state index in [9.17, 15) is 0 Å². The first kappa shape index (κ1) is 13.6.